The molecule has 0 aliphatic rings. The molecule has 18 heavy (non-hydrogen) atoms. The van der Waals surface area contributed by atoms with Gasteiger partial charge in [0.2, 0.25) is 0 Å². The van der Waals surface area contributed by atoms with Crippen molar-refractivity contribution in [3.8, 4) is 0 Å². The standard InChI is InChI=1S/C11H14N2O4S/c1-17-10(16)9(15)8(14)6-4-2-3-5-7(6)13-11(12)18/h2-5,8-9,14-15H,1H3,(H3,12,13,18). The molecule has 0 fully saturated rings. The van der Waals surface area contributed by atoms with E-state index in [0.29, 0.717) is 11.3 Å². The Morgan fingerprint density at radius 3 is 2.61 bits per heavy atom. The van der Waals surface area contributed by atoms with Gasteiger partial charge < -0.3 is 26.0 Å². The highest BCUT2D eigenvalue weighted by Crippen LogP contribution is 2.25. The summed E-state index contributed by atoms with van der Waals surface area (Å²) in [5.41, 5.74) is 6.05. The lowest BCUT2D eigenvalue weighted by molar-refractivity contribution is -0.156. The average Bonchev–Trinajstić information content (AvgIpc) is 2.36. The largest absolute Gasteiger partial charge is 0.467 e. The number of hydrogen-bond acceptors (Lipinski definition) is 5. The van der Waals surface area contributed by atoms with Crippen LogP contribution in [0.5, 0.6) is 0 Å². The summed E-state index contributed by atoms with van der Waals surface area (Å²) in [6, 6.07) is 6.49. The molecule has 6 nitrogen and oxygen atoms in total. The molecule has 0 radical (unpaired) electrons. The number of aliphatic hydroxyl groups excluding tert-OH is 2. The van der Waals surface area contributed by atoms with Crippen molar-refractivity contribution >= 4 is 29.0 Å². The molecule has 0 aliphatic heterocycles. The van der Waals surface area contributed by atoms with Gasteiger partial charge in [-0.25, -0.2) is 4.79 Å². The monoisotopic (exact) mass is 270 g/mol. The number of esters is 1. The van der Waals surface area contributed by atoms with Gasteiger partial charge in [-0.3, -0.25) is 0 Å². The molecule has 0 aromatic heterocycles. The Hall–Kier alpha value is -1.70. The van der Waals surface area contributed by atoms with Gasteiger partial charge in [0.05, 0.1) is 7.11 Å². The van der Waals surface area contributed by atoms with E-state index in [-0.39, 0.29) is 5.11 Å². The van der Waals surface area contributed by atoms with E-state index < -0.39 is 18.2 Å². The second-order valence-electron chi connectivity index (χ2n) is 3.49. The first-order valence-electron chi connectivity index (χ1n) is 5.06. The number of aliphatic hydroxyl groups is 2. The summed E-state index contributed by atoms with van der Waals surface area (Å²) in [7, 11) is 1.12. The molecule has 1 rings (SSSR count). The van der Waals surface area contributed by atoms with Crippen molar-refractivity contribution in [1.82, 2.24) is 0 Å². The van der Waals surface area contributed by atoms with Crippen molar-refractivity contribution in [3.63, 3.8) is 0 Å². The van der Waals surface area contributed by atoms with Crippen LogP contribution < -0.4 is 11.1 Å². The molecule has 0 spiro atoms. The molecule has 1 aromatic rings. The van der Waals surface area contributed by atoms with Crippen LogP contribution in [0.3, 0.4) is 0 Å². The first kappa shape index (κ1) is 14.4. The highest BCUT2D eigenvalue weighted by atomic mass is 32.1. The van der Waals surface area contributed by atoms with Gasteiger partial charge in [-0.15, -0.1) is 0 Å². The van der Waals surface area contributed by atoms with E-state index in [1.54, 1.807) is 18.2 Å². The SMILES string of the molecule is COC(=O)C(O)C(O)c1ccccc1NC(N)=S. The third-order valence-corrected chi connectivity index (χ3v) is 2.38. The number of anilines is 1. The molecule has 0 amide bonds. The molecule has 7 heteroatoms. The Morgan fingerprint density at radius 2 is 2.06 bits per heavy atom. The van der Waals surface area contributed by atoms with Crippen molar-refractivity contribution in [2.75, 3.05) is 12.4 Å². The molecule has 0 saturated carbocycles. The fourth-order valence-electron chi connectivity index (χ4n) is 1.42. The molecular weight excluding hydrogens is 256 g/mol. The molecule has 98 valence electrons. The summed E-state index contributed by atoms with van der Waals surface area (Å²) < 4.78 is 4.36. The minimum atomic E-state index is -1.68. The van der Waals surface area contributed by atoms with Crippen molar-refractivity contribution in [1.29, 1.82) is 0 Å². The Labute approximate surface area is 109 Å². The summed E-state index contributed by atoms with van der Waals surface area (Å²) in [4.78, 5) is 11.2. The Morgan fingerprint density at radius 1 is 1.44 bits per heavy atom. The predicted octanol–water partition coefficient (Wildman–Crippen LogP) is -0.0906. The number of carbonyl (C=O) groups is 1. The molecule has 2 unspecified atom stereocenters. The van der Waals surface area contributed by atoms with Crippen LogP contribution in [-0.4, -0.2) is 34.5 Å². The topological polar surface area (TPSA) is 105 Å². The third-order valence-electron chi connectivity index (χ3n) is 2.28. The number of nitrogens with two attached hydrogens (primary N) is 1. The summed E-state index contributed by atoms with van der Waals surface area (Å²) >= 11 is 4.69. The van der Waals surface area contributed by atoms with E-state index in [2.05, 4.69) is 10.1 Å². The number of carbonyl (C=O) groups excluding carboxylic acids is 1. The van der Waals surface area contributed by atoms with E-state index in [9.17, 15) is 15.0 Å². The lowest BCUT2D eigenvalue weighted by atomic mass is 10.0. The Kier molecular flexibility index (Phi) is 5.02. The maximum Gasteiger partial charge on any atom is 0.337 e. The van der Waals surface area contributed by atoms with Crippen LogP contribution in [-0.2, 0) is 9.53 Å². The summed E-state index contributed by atoms with van der Waals surface area (Å²) in [5, 5.41) is 22.2. The van der Waals surface area contributed by atoms with Crippen molar-refractivity contribution in [3.05, 3.63) is 29.8 Å². The van der Waals surface area contributed by atoms with E-state index in [1.807, 2.05) is 0 Å². The fraction of sp³-hybridized carbons (Fsp3) is 0.273. The molecule has 0 bridgehead atoms. The summed E-state index contributed by atoms with van der Waals surface area (Å²) in [6.07, 6.45) is -3.11. The van der Waals surface area contributed by atoms with Crippen LogP contribution in [0.25, 0.3) is 0 Å². The second kappa shape index (κ2) is 6.29. The number of benzene rings is 1. The van der Waals surface area contributed by atoms with Crippen LogP contribution in [0.1, 0.15) is 11.7 Å². The minimum Gasteiger partial charge on any atom is -0.467 e. The number of hydrogen-bond donors (Lipinski definition) is 4. The van der Waals surface area contributed by atoms with E-state index in [4.69, 9.17) is 18.0 Å². The predicted molar refractivity (Wildman–Crippen MR) is 69.8 cm³/mol. The van der Waals surface area contributed by atoms with Gasteiger partial charge in [0, 0.05) is 11.3 Å². The maximum atomic E-state index is 11.2. The van der Waals surface area contributed by atoms with Gasteiger partial charge in [0.1, 0.15) is 6.10 Å². The lowest BCUT2D eigenvalue weighted by Gasteiger charge is -2.19. The maximum absolute atomic E-state index is 11.2. The quantitative estimate of drug-likeness (QED) is 0.447. The fourth-order valence-corrected chi connectivity index (χ4v) is 1.53. The molecule has 0 aliphatic carbocycles. The zero-order chi connectivity index (χ0) is 13.7. The molecule has 1 aromatic carbocycles. The van der Waals surface area contributed by atoms with Gasteiger partial charge >= 0.3 is 5.97 Å². The van der Waals surface area contributed by atoms with Crippen LogP contribution in [0.15, 0.2) is 24.3 Å². The van der Waals surface area contributed by atoms with Crippen molar-refractivity contribution < 1.29 is 19.7 Å². The number of rotatable bonds is 4. The minimum absolute atomic E-state index is 0.0159. The number of thiocarbonyl (C=S) groups is 1. The molecule has 0 saturated heterocycles. The summed E-state index contributed by atoms with van der Waals surface area (Å²) in [6.45, 7) is 0. The summed E-state index contributed by atoms with van der Waals surface area (Å²) in [5.74, 6) is -0.923. The number of methoxy groups -OCH3 is 1. The van der Waals surface area contributed by atoms with Gasteiger partial charge in [0.15, 0.2) is 11.2 Å². The Balaban J connectivity index is 3.01. The number of nitrogens with one attached hydrogen (secondary N) is 1. The number of para-hydroxylation sites is 1. The van der Waals surface area contributed by atoms with E-state index in [0.717, 1.165) is 7.11 Å². The number of ether oxygens (including phenoxy) is 1. The first-order chi connectivity index (χ1) is 8.47. The van der Waals surface area contributed by atoms with Crippen molar-refractivity contribution in [2.45, 2.75) is 12.2 Å². The zero-order valence-electron chi connectivity index (χ0n) is 9.66. The van der Waals surface area contributed by atoms with Gasteiger partial charge in [-0.2, -0.15) is 0 Å². The molecule has 2 atom stereocenters. The second-order valence-corrected chi connectivity index (χ2v) is 3.93. The molecule has 0 heterocycles. The van der Waals surface area contributed by atoms with Gasteiger partial charge in [-0.05, 0) is 18.3 Å². The Bertz CT molecular complexity index is 452. The normalized spacial score (nSPS) is 13.5. The highest BCUT2D eigenvalue weighted by molar-refractivity contribution is 7.80. The molecule has 5 N–H and O–H groups in total. The van der Waals surface area contributed by atoms with Gasteiger partial charge in [-0.1, -0.05) is 18.2 Å². The lowest BCUT2D eigenvalue weighted by Crippen LogP contribution is -2.30. The first-order valence-corrected chi connectivity index (χ1v) is 5.47. The van der Waals surface area contributed by atoms with Crippen LogP contribution in [0.4, 0.5) is 5.69 Å². The smallest absolute Gasteiger partial charge is 0.337 e. The highest BCUT2D eigenvalue weighted by Gasteiger charge is 2.28. The average molecular weight is 270 g/mol. The van der Waals surface area contributed by atoms with Crippen LogP contribution in [0.2, 0.25) is 0 Å². The third kappa shape index (κ3) is 3.39. The van der Waals surface area contributed by atoms with Crippen LogP contribution in [0, 0.1) is 0 Å². The molecular formula is C11H14N2O4S. The van der Waals surface area contributed by atoms with Crippen molar-refractivity contribution in [2.24, 2.45) is 5.73 Å². The van der Waals surface area contributed by atoms with E-state index in [1.165, 1.54) is 6.07 Å². The van der Waals surface area contributed by atoms with E-state index >= 15 is 0 Å². The van der Waals surface area contributed by atoms with Crippen LogP contribution >= 0.6 is 12.2 Å². The zero-order valence-corrected chi connectivity index (χ0v) is 10.5. The van der Waals surface area contributed by atoms with Gasteiger partial charge in [0.25, 0.3) is 0 Å².